The Kier molecular flexibility index (Phi) is 10.9. The van der Waals surface area contributed by atoms with Crippen molar-refractivity contribution in [2.45, 2.75) is 50.9 Å². The third-order valence-corrected chi connectivity index (χ3v) is 13.2. The minimum atomic E-state index is -1.72. The van der Waals surface area contributed by atoms with Crippen molar-refractivity contribution in [3.05, 3.63) is 139 Å². The molecular formula is C43H42GeIrN2O-2. The predicted molar refractivity (Wildman–Crippen MR) is 201 cm³/mol. The Labute approximate surface area is 301 Å². The van der Waals surface area contributed by atoms with Crippen LogP contribution in [0.4, 0.5) is 0 Å². The summed E-state index contributed by atoms with van der Waals surface area (Å²) in [5.41, 5.74) is 9.35. The van der Waals surface area contributed by atoms with Crippen LogP contribution < -0.4 is 4.40 Å². The molecule has 7 aromatic rings. The summed E-state index contributed by atoms with van der Waals surface area (Å²) >= 11 is -1.72. The second-order valence-electron chi connectivity index (χ2n) is 14.3. The molecule has 0 bridgehead atoms. The van der Waals surface area contributed by atoms with Gasteiger partial charge in [-0.1, -0.05) is 105 Å². The molecule has 0 N–H and O–H groups in total. The first kappa shape index (κ1) is 35.5. The van der Waals surface area contributed by atoms with E-state index in [0.717, 1.165) is 55.6 Å². The average Bonchev–Trinajstić information content (AvgIpc) is 3.48. The van der Waals surface area contributed by atoms with Crippen molar-refractivity contribution in [2.24, 2.45) is 5.41 Å². The van der Waals surface area contributed by atoms with Crippen LogP contribution in [0, 0.1) is 17.5 Å². The van der Waals surface area contributed by atoms with E-state index < -0.39 is 13.3 Å². The molecule has 7 rings (SSSR count). The van der Waals surface area contributed by atoms with Crippen molar-refractivity contribution in [3.63, 3.8) is 0 Å². The Balaban J connectivity index is 0.000000224. The molecule has 1 atom stereocenters. The molecular weight excluding hydrogens is 825 g/mol. The van der Waals surface area contributed by atoms with Gasteiger partial charge in [0.2, 0.25) is 0 Å². The maximum absolute atomic E-state index is 6.40. The molecule has 0 spiro atoms. The first-order valence-electron chi connectivity index (χ1n) is 16.3. The number of furan rings is 1. The quantitative estimate of drug-likeness (QED) is 0.128. The first-order chi connectivity index (χ1) is 22.5. The largest absolute Gasteiger partial charge is 0 e. The summed E-state index contributed by atoms with van der Waals surface area (Å²) in [5.74, 6) is 7.55. The minimum Gasteiger partial charge on any atom is 0 e. The third kappa shape index (κ3) is 7.73. The number of aromatic nitrogens is 2. The van der Waals surface area contributed by atoms with E-state index in [2.05, 4.69) is 129 Å². The summed E-state index contributed by atoms with van der Waals surface area (Å²) in [4.78, 5) is 9.24. The Hall–Kier alpha value is -3.83. The predicted octanol–water partition coefficient (Wildman–Crippen LogP) is 11.4. The fraction of sp³-hybridized carbons (Fsp3) is 0.209. The number of para-hydroxylation sites is 1. The van der Waals surface area contributed by atoms with E-state index in [1.54, 1.807) is 0 Å². The Morgan fingerprint density at radius 1 is 0.771 bits per heavy atom. The molecule has 4 aromatic carbocycles. The molecule has 48 heavy (non-hydrogen) atoms. The van der Waals surface area contributed by atoms with Crippen LogP contribution in [0.5, 0.6) is 0 Å². The van der Waals surface area contributed by atoms with Gasteiger partial charge in [0.1, 0.15) is 5.58 Å². The molecule has 3 heterocycles. The normalized spacial score (nSPS) is 12.2. The van der Waals surface area contributed by atoms with Crippen LogP contribution in [0.25, 0.3) is 55.6 Å². The van der Waals surface area contributed by atoms with E-state index in [4.69, 9.17) is 9.40 Å². The smallest absolute Gasteiger partial charge is 0 e. The molecule has 0 aliphatic rings. The summed E-state index contributed by atoms with van der Waals surface area (Å²) < 4.78 is 7.84. The van der Waals surface area contributed by atoms with Gasteiger partial charge in [-0.05, 0) is 34.5 Å². The van der Waals surface area contributed by atoms with E-state index in [1.807, 2.05) is 54.9 Å². The van der Waals surface area contributed by atoms with Gasteiger partial charge in [0.25, 0.3) is 0 Å². The zero-order chi connectivity index (χ0) is 33.2. The van der Waals surface area contributed by atoms with Gasteiger partial charge in [-0.15, -0.1) is 12.1 Å². The van der Waals surface area contributed by atoms with E-state index in [9.17, 15) is 0 Å². The van der Waals surface area contributed by atoms with Crippen molar-refractivity contribution in [1.82, 2.24) is 9.97 Å². The standard InChI is InChI=1S/C29H26NO.C14H16GeN.Ir/c1-19(29(2,3)4)21-16-17-30-25(18-21)23-15-14-22(20-10-6-5-7-11-20)27-24-12-8-9-13-26(24)31-28(23)27;1-15(2,3)13-9-10-14(16-11-13)12-7-5-4-6-8-12;/h5-14,16-19H,1-4H3;4-7,9-11H,1-3H3;/q2*-1;. The number of pyridine rings is 2. The molecule has 1 radical (unpaired) electrons. The first-order valence-corrected chi connectivity index (χ1v) is 23.7. The van der Waals surface area contributed by atoms with Crippen LogP contribution in [-0.2, 0) is 20.1 Å². The monoisotopic (exact) mass is 869 g/mol. The van der Waals surface area contributed by atoms with Crippen LogP contribution in [-0.4, -0.2) is 23.2 Å². The zero-order valence-corrected chi connectivity index (χ0v) is 33.3. The molecule has 3 nitrogen and oxygen atoms in total. The zero-order valence-electron chi connectivity index (χ0n) is 28.8. The molecule has 3 aromatic heterocycles. The Bertz CT molecular complexity index is 2110. The van der Waals surface area contributed by atoms with Crippen molar-refractivity contribution in [3.8, 4) is 33.6 Å². The summed E-state index contributed by atoms with van der Waals surface area (Å²) in [6.45, 7) is 9.10. The number of hydrogen-bond acceptors (Lipinski definition) is 3. The molecule has 0 saturated carbocycles. The molecule has 245 valence electrons. The Morgan fingerprint density at radius 2 is 1.50 bits per heavy atom. The molecule has 0 saturated heterocycles. The molecule has 0 fully saturated rings. The van der Waals surface area contributed by atoms with Gasteiger partial charge in [0, 0.05) is 31.7 Å². The molecule has 1 unspecified atom stereocenters. The van der Waals surface area contributed by atoms with Gasteiger partial charge in [0.05, 0.1) is 5.58 Å². The molecule has 5 heteroatoms. The number of nitrogens with zero attached hydrogens (tertiary/aromatic N) is 2. The van der Waals surface area contributed by atoms with E-state index >= 15 is 0 Å². The fourth-order valence-corrected chi connectivity index (χ4v) is 7.88. The van der Waals surface area contributed by atoms with Crippen molar-refractivity contribution in [2.75, 3.05) is 0 Å². The summed E-state index contributed by atoms with van der Waals surface area (Å²) in [6.07, 6.45) is 3.94. The van der Waals surface area contributed by atoms with Crippen LogP contribution in [0.2, 0.25) is 17.3 Å². The van der Waals surface area contributed by atoms with Crippen molar-refractivity contribution in [1.29, 1.82) is 0 Å². The van der Waals surface area contributed by atoms with Gasteiger partial charge < -0.3 is 9.40 Å². The topological polar surface area (TPSA) is 38.9 Å². The van der Waals surface area contributed by atoms with E-state index in [0.29, 0.717) is 5.92 Å². The van der Waals surface area contributed by atoms with Gasteiger partial charge in [-0.3, -0.25) is 0 Å². The molecule has 0 amide bonds. The number of rotatable bonds is 5. The summed E-state index contributed by atoms with van der Waals surface area (Å²) in [5, 5.41) is 2.23. The van der Waals surface area contributed by atoms with Crippen LogP contribution in [0.3, 0.4) is 0 Å². The maximum Gasteiger partial charge on any atom is 0 e. The van der Waals surface area contributed by atoms with E-state index in [-0.39, 0.29) is 25.5 Å². The van der Waals surface area contributed by atoms with Crippen LogP contribution in [0.15, 0.2) is 126 Å². The van der Waals surface area contributed by atoms with Crippen LogP contribution in [0.1, 0.15) is 39.2 Å². The minimum absolute atomic E-state index is 0. The van der Waals surface area contributed by atoms with Crippen molar-refractivity contribution >= 4 is 39.6 Å². The molecule has 0 aliphatic heterocycles. The second kappa shape index (κ2) is 14.7. The molecule has 0 aliphatic carbocycles. The van der Waals surface area contributed by atoms with Crippen LogP contribution >= 0.6 is 0 Å². The number of benzene rings is 4. The Morgan fingerprint density at radius 3 is 2.17 bits per heavy atom. The van der Waals surface area contributed by atoms with Gasteiger partial charge in [0.15, 0.2) is 0 Å². The fourth-order valence-electron chi connectivity index (χ4n) is 5.71. The van der Waals surface area contributed by atoms with Gasteiger partial charge in [-0.2, -0.15) is 0 Å². The van der Waals surface area contributed by atoms with E-state index in [1.165, 1.54) is 9.96 Å². The summed E-state index contributed by atoms with van der Waals surface area (Å²) in [6, 6.07) is 44.0. The number of hydrogen-bond donors (Lipinski definition) is 0. The second-order valence-corrected chi connectivity index (χ2v) is 24.9. The maximum atomic E-state index is 6.40. The SMILES string of the molecule is CC(c1ccnc(-c2[c-]cc(-c3ccccc3)c3c2oc2ccccc23)c1)C(C)(C)C.[CH3][Ge]([CH3])([CH3])[c]1ccc(-c2[c-]cccc2)nc1.[Ir]. The average molecular weight is 868 g/mol. The van der Waals surface area contributed by atoms with Gasteiger partial charge >= 0.3 is 99.8 Å². The number of fused-ring (bicyclic) bond motifs is 3. The van der Waals surface area contributed by atoms with Gasteiger partial charge in [-0.25, -0.2) is 0 Å². The third-order valence-electron chi connectivity index (χ3n) is 8.99. The summed E-state index contributed by atoms with van der Waals surface area (Å²) in [7, 11) is 0. The van der Waals surface area contributed by atoms with Crippen molar-refractivity contribution < 1.29 is 24.5 Å².